The van der Waals surface area contributed by atoms with E-state index >= 15 is 0 Å². The first-order valence-corrected chi connectivity index (χ1v) is 8.88. The minimum absolute atomic E-state index is 0.0267. The molecule has 0 aromatic heterocycles. The Bertz CT molecular complexity index is 819. The van der Waals surface area contributed by atoms with Gasteiger partial charge in [0.1, 0.15) is 5.82 Å². The molecule has 0 saturated heterocycles. The Morgan fingerprint density at radius 2 is 1.96 bits per heavy atom. The molecule has 1 atom stereocenters. The fourth-order valence-corrected chi connectivity index (χ4v) is 3.14. The van der Waals surface area contributed by atoms with Crippen LogP contribution in [-0.2, 0) is 16.2 Å². The Morgan fingerprint density at radius 3 is 2.69 bits per heavy atom. The smallest absolute Gasteiger partial charge is 0.222 e. The van der Waals surface area contributed by atoms with E-state index in [0.29, 0.717) is 24.9 Å². The van der Waals surface area contributed by atoms with E-state index in [9.17, 15) is 9.18 Å². The molecule has 1 aliphatic heterocycles. The number of oxime groups is 1. The SMILES string of the molecule is CCC(=O)N(Cc1ccccc1F)C[C@H]1CC(c2ccccc2C)=NO1. The van der Waals surface area contributed by atoms with Crippen LogP contribution in [0.4, 0.5) is 4.39 Å². The Hall–Kier alpha value is -2.69. The van der Waals surface area contributed by atoms with Gasteiger partial charge in [-0.15, -0.1) is 0 Å². The molecule has 0 saturated carbocycles. The summed E-state index contributed by atoms with van der Waals surface area (Å²) in [5, 5.41) is 4.22. The molecule has 3 rings (SSSR count). The normalized spacial score (nSPS) is 16.1. The zero-order valence-electron chi connectivity index (χ0n) is 15.1. The van der Waals surface area contributed by atoms with E-state index in [2.05, 4.69) is 5.16 Å². The van der Waals surface area contributed by atoms with E-state index in [1.807, 2.05) is 31.2 Å². The summed E-state index contributed by atoms with van der Waals surface area (Å²) in [6.45, 7) is 4.47. The Kier molecular flexibility index (Phi) is 5.66. The van der Waals surface area contributed by atoms with Gasteiger partial charge >= 0.3 is 0 Å². The molecule has 0 aliphatic carbocycles. The average molecular weight is 354 g/mol. The summed E-state index contributed by atoms with van der Waals surface area (Å²) in [6.07, 6.45) is 0.786. The number of carbonyl (C=O) groups is 1. The molecule has 0 unspecified atom stereocenters. The summed E-state index contributed by atoms with van der Waals surface area (Å²) in [5.74, 6) is -0.327. The Labute approximate surface area is 153 Å². The third kappa shape index (κ3) is 4.10. The predicted molar refractivity (Wildman–Crippen MR) is 99.3 cm³/mol. The van der Waals surface area contributed by atoms with E-state index in [-0.39, 0.29) is 24.4 Å². The molecule has 4 nitrogen and oxygen atoms in total. The number of halogens is 1. The molecule has 2 aromatic rings. The lowest BCUT2D eigenvalue weighted by molar-refractivity contribution is -0.133. The van der Waals surface area contributed by atoms with Crippen molar-refractivity contribution in [3.63, 3.8) is 0 Å². The molecule has 1 aliphatic rings. The van der Waals surface area contributed by atoms with Crippen LogP contribution in [0.2, 0.25) is 0 Å². The molecular weight excluding hydrogens is 331 g/mol. The first kappa shape index (κ1) is 18.1. The number of hydrogen-bond donors (Lipinski definition) is 0. The summed E-state index contributed by atoms with van der Waals surface area (Å²) < 4.78 is 14.0. The van der Waals surface area contributed by atoms with Crippen molar-refractivity contribution in [2.45, 2.75) is 39.3 Å². The zero-order valence-corrected chi connectivity index (χ0v) is 15.1. The number of benzene rings is 2. The molecule has 0 N–H and O–H groups in total. The number of hydrogen-bond acceptors (Lipinski definition) is 3. The van der Waals surface area contributed by atoms with Gasteiger partial charge in [0.25, 0.3) is 0 Å². The van der Waals surface area contributed by atoms with Crippen molar-refractivity contribution in [2.24, 2.45) is 5.16 Å². The van der Waals surface area contributed by atoms with Gasteiger partial charge < -0.3 is 9.74 Å². The molecule has 0 radical (unpaired) electrons. The second kappa shape index (κ2) is 8.13. The highest BCUT2D eigenvalue weighted by atomic mass is 19.1. The standard InChI is InChI=1S/C21H23FN2O2/c1-3-21(25)24(13-16-9-5-7-11-19(16)22)14-17-12-20(23-26-17)18-10-6-4-8-15(18)2/h4-11,17H,3,12-14H2,1-2H3/t17-/m1/s1. The van der Waals surface area contributed by atoms with Gasteiger partial charge in [-0.25, -0.2) is 4.39 Å². The fourth-order valence-electron chi connectivity index (χ4n) is 3.14. The minimum atomic E-state index is -0.300. The Morgan fingerprint density at radius 1 is 1.23 bits per heavy atom. The minimum Gasteiger partial charge on any atom is -0.390 e. The third-order valence-electron chi connectivity index (χ3n) is 4.59. The molecular formula is C21H23FN2O2. The first-order valence-electron chi connectivity index (χ1n) is 8.88. The highest BCUT2D eigenvalue weighted by Crippen LogP contribution is 2.21. The first-order chi connectivity index (χ1) is 12.6. The zero-order chi connectivity index (χ0) is 18.5. The maximum absolute atomic E-state index is 14.0. The van der Waals surface area contributed by atoms with E-state index in [1.54, 1.807) is 30.0 Å². The van der Waals surface area contributed by atoms with E-state index < -0.39 is 0 Å². The quantitative estimate of drug-likeness (QED) is 0.785. The molecule has 26 heavy (non-hydrogen) atoms. The highest BCUT2D eigenvalue weighted by molar-refractivity contribution is 6.02. The van der Waals surface area contributed by atoms with Crippen molar-refractivity contribution in [3.8, 4) is 0 Å². The monoisotopic (exact) mass is 354 g/mol. The molecule has 0 spiro atoms. The van der Waals surface area contributed by atoms with Gasteiger partial charge in [0.2, 0.25) is 5.91 Å². The van der Waals surface area contributed by atoms with Crippen LogP contribution in [0, 0.1) is 12.7 Å². The van der Waals surface area contributed by atoms with Crippen LogP contribution < -0.4 is 0 Å². The molecule has 2 aromatic carbocycles. The number of rotatable bonds is 6. The lowest BCUT2D eigenvalue weighted by Crippen LogP contribution is -2.37. The van der Waals surface area contributed by atoms with Crippen LogP contribution >= 0.6 is 0 Å². The van der Waals surface area contributed by atoms with Crippen LogP contribution in [-0.4, -0.2) is 29.2 Å². The van der Waals surface area contributed by atoms with Crippen LogP contribution in [0.3, 0.4) is 0 Å². The summed E-state index contributed by atoms with van der Waals surface area (Å²) >= 11 is 0. The molecule has 1 heterocycles. The maximum Gasteiger partial charge on any atom is 0.222 e. The topological polar surface area (TPSA) is 41.9 Å². The van der Waals surface area contributed by atoms with E-state index in [1.165, 1.54) is 6.07 Å². The number of nitrogens with zero attached hydrogens (tertiary/aromatic N) is 2. The van der Waals surface area contributed by atoms with E-state index in [0.717, 1.165) is 16.8 Å². The largest absolute Gasteiger partial charge is 0.390 e. The number of amides is 1. The predicted octanol–water partition coefficient (Wildman–Crippen LogP) is 4.07. The molecule has 5 heteroatoms. The van der Waals surface area contributed by atoms with Gasteiger partial charge in [-0.3, -0.25) is 4.79 Å². The summed E-state index contributed by atoms with van der Waals surface area (Å²) in [7, 11) is 0. The summed E-state index contributed by atoms with van der Waals surface area (Å²) in [4.78, 5) is 19.6. The number of aryl methyl sites for hydroxylation is 1. The van der Waals surface area contributed by atoms with Crippen LogP contribution in [0.1, 0.15) is 36.5 Å². The van der Waals surface area contributed by atoms with E-state index in [4.69, 9.17) is 4.84 Å². The average Bonchev–Trinajstić information content (AvgIpc) is 3.11. The van der Waals surface area contributed by atoms with Crippen molar-refractivity contribution in [3.05, 3.63) is 71.0 Å². The fraction of sp³-hybridized carbons (Fsp3) is 0.333. The lowest BCUT2D eigenvalue weighted by Gasteiger charge is -2.24. The van der Waals surface area contributed by atoms with Crippen LogP contribution in [0.15, 0.2) is 53.7 Å². The molecule has 0 fully saturated rings. The molecule has 1 amide bonds. The van der Waals surface area contributed by atoms with Crippen molar-refractivity contribution in [1.82, 2.24) is 4.90 Å². The van der Waals surface area contributed by atoms with Crippen molar-refractivity contribution >= 4 is 11.6 Å². The van der Waals surface area contributed by atoms with Gasteiger partial charge in [-0.05, 0) is 18.6 Å². The van der Waals surface area contributed by atoms with Gasteiger partial charge in [-0.1, -0.05) is 54.5 Å². The van der Waals surface area contributed by atoms with Gasteiger partial charge in [-0.2, -0.15) is 0 Å². The third-order valence-corrected chi connectivity index (χ3v) is 4.59. The maximum atomic E-state index is 14.0. The number of carbonyl (C=O) groups excluding carboxylic acids is 1. The van der Waals surface area contributed by atoms with Gasteiger partial charge in [0.15, 0.2) is 6.10 Å². The van der Waals surface area contributed by atoms with Crippen molar-refractivity contribution < 1.29 is 14.0 Å². The summed E-state index contributed by atoms with van der Waals surface area (Å²) in [6, 6.07) is 14.6. The van der Waals surface area contributed by atoms with Crippen molar-refractivity contribution in [2.75, 3.05) is 6.54 Å². The second-order valence-electron chi connectivity index (χ2n) is 6.50. The Balaban J connectivity index is 1.68. The summed E-state index contributed by atoms with van der Waals surface area (Å²) in [5.41, 5.74) is 3.61. The molecule has 136 valence electrons. The lowest BCUT2D eigenvalue weighted by atomic mass is 10.00. The van der Waals surface area contributed by atoms with Crippen LogP contribution in [0.5, 0.6) is 0 Å². The van der Waals surface area contributed by atoms with Gasteiger partial charge in [0.05, 0.1) is 12.3 Å². The van der Waals surface area contributed by atoms with Crippen LogP contribution in [0.25, 0.3) is 0 Å². The van der Waals surface area contributed by atoms with Crippen molar-refractivity contribution in [1.29, 1.82) is 0 Å². The molecule has 0 bridgehead atoms. The second-order valence-corrected chi connectivity index (χ2v) is 6.50. The van der Waals surface area contributed by atoms with Gasteiger partial charge in [0, 0.05) is 30.5 Å². The highest BCUT2D eigenvalue weighted by Gasteiger charge is 2.27.